The van der Waals surface area contributed by atoms with E-state index in [9.17, 15) is 14.0 Å². The summed E-state index contributed by atoms with van der Waals surface area (Å²) < 4.78 is 23.7. The molecule has 3 rings (SSSR count). The Morgan fingerprint density at radius 2 is 1.47 bits per heavy atom. The number of carbonyl (C=O) groups is 2. The average Bonchev–Trinajstić information content (AvgIpc) is 3.04. The fourth-order valence-electron chi connectivity index (χ4n) is 3.67. The number of ether oxygens (including phenoxy) is 2. The number of benzene rings is 2. The molecule has 1 aliphatic rings. The summed E-state index contributed by atoms with van der Waals surface area (Å²) in [6.07, 6.45) is 0.447. The van der Waals surface area contributed by atoms with Gasteiger partial charge in [-0.1, -0.05) is 42.0 Å². The molecule has 1 heterocycles. The van der Waals surface area contributed by atoms with Crippen LogP contribution in [0.5, 0.6) is 0 Å². The van der Waals surface area contributed by atoms with Gasteiger partial charge in [0.05, 0.1) is 18.8 Å². The van der Waals surface area contributed by atoms with Crippen LogP contribution in [0.2, 0.25) is 0 Å². The first kappa shape index (κ1) is 23.6. The molecule has 0 aliphatic carbocycles. The van der Waals surface area contributed by atoms with Crippen LogP contribution in [0.15, 0.2) is 54.2 Å². The summed E-state index contributed by atoms with van der Waals surface area (Å²) >= 11 is 0. The van der Waals surface area contributed by atoms with Crippen LogP contribution in [0.25, 0.3) is 5.57 Å². The molecule has 0 aromatic heterocycles. The maximum Gasteiger partial charge on any atom is 0.277 e. The lowest BCUT2D eigenvalue weighted by Gasteiger charge is -2.25. The highest BCUT2D eigenvalue weighted by molar-refractivity contribution is 6.35. The van der Waals surface area contributed by atoms with Crippen LogP contribution in [0.4, 0.5) is 4.39 Å². The number of hydrogen-bond acceptors (Lipinski definition) is 5. The van der Waals surface area contributed by atoms with Crippen LogP contribution in [-0.4, -0.2) is 68.7 Å². The van der Waals surface area contributed by atoms with Crippen LogP contribution < -0.4 is 0 Å². The quantitative estimate of drug-likeness (QED) is 0.503. The molecule has 0 saturated carbocycles. The lowest BCUT2D eigenvalue weighted by molar-refractivity contribution is -0.137. The van der Waals surface area contributed by atoms with Gasteiger partial charge in [0, 0.05) is 33.9 Å². The fraction of sp³-hybridized carbons (Fsp3) is 0.360. The van der Waals surface area contributed by atoms with Crippen molar-refractivity contribution < 1.29 is 23.5 Å². The number of nitrogens with zero attached hydrogens (tertiary/aromatic N) is 2. The molecule has 0 spiro atoms. The number of methoxy groups -OCH3 is 2. The molecule has 7 heteroatoms. The minimum Gasteiger partial charge on any atom is -0.383 e. The smallest absolute Gasteiger partial charge is 0.277 e. The largest absolute Gasteiger partial charge is 0.383 e. The number of rotatable bonds is 11. The van der Waals surface area contributed by atoms with E-state index in [-0.39, 0.29) is 24.2 Å². The average molecular weight is 441 g/mol. The normalized spacial score (nSPS) is 13.9. The van der Waals surface area contributed by atoms with Gasteiger partial charge in [-0.2, -0.15) is 0 Å². The van der Waals surface area contributed by atoms with Crippen molar-refractivity contribution in [3.05, 3.63) is 76.7 Å². The van der Waals surface area contributed by atoms with Gasteiger partial charge >= 0.3 is 0 Å². The molecule has 2 aromatic carbocycles. The molecule has 0 atom stereocenters. The summed E-state index contributed by atoms with van der Waals surface area (Å²) in [5.41, 5.74) is 3.38. The molecular formula is C25H29FN2O4. The second kappa shape index (κ2) is 11.0. The zero-order valence-corrected chi connectivity index (χ0v) is 18.8. The van der Waals surface area contributed by atoms with Crippen molar-refractivity contribution in [3.8, 4) is 0 Å². The molecule has 0 bridgehead atoms. The van der Waals surface area contributed by atoms with Gasteiger partial charge in [0.15, 0.2) is 0 Å². The Morgan fingerprint density at radius 3 is 2.03 bits per heavy atom. The zero-order chi connectivity index (χ0) is 23.1. The van der Waals surface area contributed by atoms with Crippen molar-refractivity contribution in [2.75, 3.05) is 47.1 Å². The van der Waals surface area contributed by atoms with Crippen molar-refractivity contribution in [1.29, 1.82) is 0 Å². The number of carbonyl (C=O) groups excluding carboxylic acids is 2. The van der Waals surface area contributed by atoms with E-state index in [1.165, 1.54) is 17.0 Å². The molecule has 0 fully saturated rings. The van der Waals surface area contributed by atoms with Gasteiger partial charge in [-0.25, -0.2) is 4.39 Å². The van der Waals surface area contributed by atoms with E-state index in [1.807, 2.05) is 36.1 Å². The van der Waals surface area contributed by atoms with Crippen LogP contribution >= 0.6 is 0 Å². The molecule has 1 aliphatic heterocycles. The fourth-order valence-corrected chi connectivity index (χ4v) is 3.67. The molecule has 6 nitrogen and oxygen atoms in total. The molecule has 2 amide bonds. The Kier molecular flexibility index (Phi) is 8.14. The van der Waals surface area contributed by atoms with E-state index in [4.69, 9.17) is 9.47 Å². The number of amides is 2. The topological polar surface area (TPSA) is 59.1 Å². The summed E-state index contributed by atoms with van der Waals surface area (Å²) in [7, 11) is 3.20. The van der Waals surface area contributed by atoms with Crippen LogP contribution in [-0.2, 0) is 25.5 Å². The Bertz CT molecular complexity index is 962. The first-order valence-electron chi connectivity index (χ1n) is 10.6. The molecule has 170 valence electrons. The number of imide groups is 1. The van der Waals surface area contributed by atoms with E-state index in [0.29, 0.717) is 49.6 Å². The van der Waals surface area contributed by atoms with Crippen molar-refractivity contribution in [2.24, 2.45) is 0 Å². The summed E-state index contributed by atoms with van der Waals surface area (Å²) in [5, 5.41) is 0. The summed E-state index contributed by atoms with van der Waals surface area (Å²) in [5.74, 6) is -0.977. The first-order chi connectivity index (χ1) is 15.5. The maximum absolute atomic E-state index is 13.5. The zero-order valence-electron chi connectivity index (χ0n) is 18.8. The lowest BCUT2D eigenvalue weighted by atomic mass is 10.0. The minimum atomic E-state index is -0.333. The van der Waals surface area contributed by atoms with Gasteiger partial charge < -0.3 is 14.4 Å². The Balaban J connectivity index is 1.94. The van der Waals surface area contributed by atoms with Gasteiger partial charge in [-0.3, -0.25) is 14.5 Å². The highest BCUT2D eigenvalue weighted by Gasteiger charge is 2.41. The molecular weight excluding hydrogens is 411 g/mol. The van der Waals surface area contributed by atoms with Gasteiger partial charge in [0.25, 0.3) is 11.8 Å². The standard InChI is InChI=1S/C25H29FN2O4/c1-18-4-8-20(9-5-18)22-23(27(14-16-31-2)15-17-32-3)25(30)28(24(22)29)13-12-19-6-10-21(26)11-7-19/h4-11H,12-17H2,1-3H3. The molecule has 2 aromatic rings. The number of hydrogen-bond donors (Lipinski definition) is 0. The highest BCUT2D eigenvalue weighted by atomic mass is 19.1. The lowest BCUT2D eigenvalue weighted by Crippen LogP contribution is -2.38. The Hall–Kier alpha value is -3.03. The van der Waals surface area contributed by atoms with Crippen molar-refractivity contribution in [3.63, 3.8) is 0 Å². The third-order valence-corrected chi connectivity index (χ3v) is 5.47. The maximum atomic E-state index is 13.5. The highest BCUT2D eigenvalue weighted by Crippen LogP contribution is 2.32. The predicted octanol–water partition coefficient (Wildman–Crippen LogP) is 3.05. The molecule has 32 heavy (non-hydrogen) atoms. The predicted molar refractivity (Wildman–Crippen MR) is 120 cm³/mol. The third-order valence-electron chi connectivity index (χ3n) is 5.47. The third kappa shape index (κ3) is 5.41. The molecule has 0 unspecified atom stereocenters. The van der Waals surface area contributed by atoms with Crippen molar-refractivity contribution >= 4 is 17.4 Å². The molecule has 0 N–H and O–H groups in total. The van der Waals surface area contributed by atoms with Crippen molar-refractivity contribution in [2.45, 2.75) is 13.3 Å². The first-order valence-corrected chi connectivity index (χ1v) is 10.6. The summed E-state index contributed by atoms with van der Waals surface area (Å²) in [6, 6.07) is 13.7. The van der Waals surface area contributed by atoms with E-state index >= 15 is 0 Å². The van der Waals surface area contributed by atoms with E-state index in [0.717, 1.165) is 11.1 Å². The van der Waals surface area contributed by atoms with Crippen LogP contribution in [0.3, 0.4) is 0 Å². The van der Waals surface area contributed by atoms with Gasteiger partial charge in [0.2, 0.25) is 0 Å². The summed E-state index contributed by atoms with van der Waals surface area (Å²) in [6.45, 7) is 3.91. The van der Waals surface area contributed by atoms with E-state index < -0.39 is 0 Å². The SMILES string of the molecule is COCCN(CCOC)C1=C(c2ccc(C)cc2)C(=O)N(CCc2ccc(F)cc2)C1=O. The Morgan fingerprint density at radius 1 is 0.875 bits per heavy atom. The molecule has 0 saturated heterocycles. The van der Waals surface area contributed by atoms with Crippen LogP contribution in [0, 0.1) is 12.7 Å². The second-order valence-corrected chi connectivity index (χ2v) is 7.70. The van der Waals surface area contributed by atoms with Gasteiger partial charge in [-0.05, 0) is 36.6 Å². The molecule has 0 radical (unpaired) electrons. The number of halogens is 1. The van der Waals surface area contributed by atoms with Crippen LogP contribution in [0.1, 0.15) is 16.7 Å². The Labute approximate surface area is 188 Å². The van der Waals surface area contributed by atoms with E-state index in [2.05, 4.69) is 0 Å². The van der Waals surface area contributed by atoms with Gasteiger partial charge in [0.1, 0.15) is 11.5 Å². The second-order valence-electron chi connectivity index (χ2n) is 7.70. The van der Waals surface area contributed by atoms with Gasteiger partial charge in [-0.15, -0.1) is 0 Å². The van der Waals surface area contributed by atoms with E-state index in [1.54, 1.807) is 26.4 Å². The minimum absolute atomic E-state index is 0.213. The summed E-state index contributed by atoms with van der Waals surface area (Å²) in [4.78, 5) is 30.1. The monoisotopic (exact) mass is 440 g/mol. The number of aryl methyl sites for hydroxylation is 1. The van der Waals surface area contributed by atoms with Crippen molar-refractivity contribution in [1.82, 2.24) is 9.80 Å².